The van der Waals surface area contributed by atoms with Crippen molar-refractivity contribution >= 4 is 11.8 Å². The van der Waals surface area contributed by atoms with Gasteiger partial charge in [-0.15, -0.1) is 0 Å². The van der Waals surface area contributed by atoms with Crippen LogP contribution in [0.4, 0.5) is 0 Å². The Morgan fingerprint density at radius 3 is 2.71 bits per heavy atom. The Morgan fingerprint density at radius 1 is 1.29 bits per heavy atom. The number of nitrogens with one attached hydrogen (secondary N) is 1. The summed E-state index contributed by atoms with van der Waals surface area (Å²) in [6.07, 6.45) is 6.14. The highest BCUT2D eigenvalue weighted by Crippen LogP contribution is 2.16. The summed E-state index contributed by atoms with van der Waals surface area (Å²) in [5.41, 5.74) is 0. The van der Waals surface area contributed by atoms with Crippen LogP contribution in [0.2, 0.25) is 0 Å². The van der Waals surface area contributed by atoms with Gasteiger partial charge in [0.25, 0.3) is 0 Å². The fraction of sp³-hybridized carbons (Fsp3) is 0.600. The highest BCUT2D eigenvalue weighted by atomic mass is 32.2. The molecule has 0 radical (unpaired) electrons. The minimum atomic E-state index is 0.667. The Balaban J connectivity index is 1.76. The minimum Gasteiger partial charge on any atom is -0.307 e. The smallest absolute Gasteiger partial charge is 0.141 e. The maximum atomic E-state index is 4.18. The van der Waals surface area contributed by atoms with E-state index in [2.05, 4.69) is 15.3 Å². The van der Waals surface area contributed by atoms with Crippen LogP contribution in [0, 0.1) is 0 Å². The van der Waals surface area contributed by atoms with Crippen LogP contribution < -0.4 is 5.32 Å². The number of thioether (sulfide) groups is 1. The van der Waals surface area contributed by atoms with E-state index >= 15 is 0 Å². The standard InChI is InChI=1S/C10H15N3S/c1-4-11-10(12-5-1)8-13-9-2-6-14-7-3-9/h1,4-5,9,13H,2-3,6-8H2. The third-order valence-corrected chi connectivity index (χ3v) is 3.44. The average Bonchev–Trinajstić information content (AvgIpc) is 2.29. The molecule has 0 amide bonds. The third-order valence-electron chi connectivity index (χ3n) is 2.39. The van der Waals surface area contributed by atoms with Crippen LogP contribution in [-0.2, 0) is 6.54 Å². The number of aromatic nitrogens is 2. The molecular formula is C10H15N3S. The van der Waals surface area contributed by atoms with E-state index in [1.807, 2.05) is 17.8 Å². The first-order valence-corrected chi connectivity index (χ1v) is 6.17. The van der Waals surface area contributed by atoms with Crippen LogP contribution in [0.5, 0.6) is 0 Å². The zero-order valence-corrected chi connectivity index (χ0v) is 8.96. The van der Waals surface area contributed by atoms with Crippen molar-refractivity contribution in [1.82, 2.24) is 15.3 Å². The van der Waals surface area contributed by atoms with Crippen molar-refractivity contribution in [1.29, 1.82) is 0 Å². The van der Waals surface area contributed by atoms with Crippen molar-refractivity contribution in [2.24, 2.45) is 0 Å². The molecule has 76 valence electrons. The van der Waals surface area contributed by atoms with Gasteiger partial charge >= 0.3 is 0 Å². The van der Waals surface area contributed by atoms with Crippen molar-refractivity contribution in [3.8, 4) is 0 Å². The molecule has 1 aliphatic heterocycles. The summed E-state index contributed by atoms with van der Waals surface area (Å²) in [6.45, 7) is 0.802. The molecule has 2 heterocycles. The number of rotatable bonds is 3. The molecule has 0 bridgehead atoms. The molecular weight excluding hydrogens is 194 g/mol. The monoisotopic (exact) mass is 209 g/mol. The summed E-state index contributed by atoms with van der Waals surface area (Å²) in [6, 6.07) is 2.51. The van der Waals surface area contributed by atoms with Gasteiger partial charge in [-0.05, 0) is 30.4 Å². The molecule has 1 aromatic rings. The lowest BCUT2D eigenvalue weighted by atomic mass is 10.1. The molecule has 1 saturated heterocycles. The molecule has 4 heteroatoms. The Hall–Kier alpha value is -0.610. The first kappa shape index (κ1) is 9.93. The quantitative estimate of drug-likeness (QED) is 0.818. The fourth-order valence-corrected chi connectivity index (χ4v) is 2.67. The van der Waals surface area contributed by atoms with E-state index in [1.165, 1.54) is 24.3 Å². The van der Waals surface area contributed by atoms with Crippen LogP contribution in [0.25, 0.3) is 0 Å². The average molecular weight is 209 g/mol. The third kappa shape index (κ3) is 2.96. The SMILES string of the molecule is c1cnc(CNC2CCSCC2)nc1. The lowest BCUT2D eigenvalue weighted by Gasteiger charge is -2.22. The maximum Gasteiger partial charge on any atom is 0.141 e. The molecule has 0 saturated carbocycles. The summed E-state index contributed by atoms with van der Waals surface area (Å²) in [5, 5.41) is 3.50. The normalized spacial score (nSPS) is 18.3. The first-order chi connectivity index (χ1) is 6.95. The van der Waals surface area contributed by atoms with E-state index in [4.69, 9.17) is 0 Å². The molecule has 1 aromatic heterocycles. The van der Waals surface area contributed by atoms with Gasteiger partial charge < -0.3 is 5.32 Å². The molecule has 0 atom stereocenters. The summed E-state index contributed by atoms with van der Waals surface area (Å²) in [7, 11) is 0. The van der Waals surface area contributed by atoms with Gasteiger partial charge in [-0.3, -0.25) is 0 Å². The fourth-order valence-electron chi connectivity index (χ4n) is 1.56. The Labute approximate surface area is 88.7 Å². The first-order valence-electron chi connectivity index (χ1n) is 5.02. The highest BCUT2D eigenvalue weighted by molar-refractivity contribution is 7.99. The summed E-state index contributed by atoms with van der Waals surface area (Å²) in [5.74, 6) is 3.46. The van der Waals surface area contributed by atoms with Crippen LogP contribution in [-0.4, -0.2) is 27.5 Å². The van der Waals surface area contributed by atoms with Crippen molar-refractivity contribution in [2.75, 3.05) is 11.5 Å². The van der Waals surface area contributed by atoms with Gasteiger partial charge in [0.2, 0.25) is 0 Å². The van der Waals surface area contributed by atoms with Crippen molar-refractivity contribution in [3.05, 3.63) is 24.3 Å². The lowest BCUT2D eigenvalue weighted by Crippen LogP contribution is -2.32. The van der Waals surface area contributed by atoms with E-state index in [-0.39, 0.29) is 0 Å². The van der Waals surface area contributed by atoms with Gasteiger partial charge in [-0.2, -0.15) is 11.8 Å². The molecule has 0 spiro atoms. The van der Waals surface area contributed by atoms with Crippen molar-refractivity contribution < 1.29 is 0 Å². The zero-order valence-electron chi connectivity index (χ0n) is 8.15. The van der Waals surface area contributed by atoms with E-state index in [9.17, 15) is 0 Å². The summed E-state index contributed by atoms with van der Waals surface area (Å²) in [4.78, 5) is 8.37. The summed E-state index contributed by atoms with van der Waals surface area (Å²) < 4.78 is 0. The van der Waals surface area contributed by atoms with Gasteiger partial charge in [0, 0.05) is 18.4 Å². The number of nitrogens with zero attached hydrogens (tertiary/aromatic N) is 2. The van der Waals surface area contributed by atoms with Crippen molar-refractivity contribution in [2.45, 2.75) is 25.4 Å². The number of hydrogen-bond acceptors (Lipinski definition) is 4. The Bertz CT molecular complexity index is 259. The van der Waals surface area contributed by atoms with Gasteiger partial charge in [0.05, 0.1) is 6.54 Å². The Morgan fingerprint density at radius 2 is 2.00 bits per heavy atom. The maximum absolute atomic E-state index is 4.18. The summed E-state index contributed by atoms with van der Waals surface area (Å²) >= 11 is 2.05. The predicted octanol–water partition coefficient (Wildman–Crippen LogP) is 1.46. The second-order valence-electron chi connectivity index (χ2n) is 3.43. The van der Waals surface area contributed by atoms with Gasteiger partial charge in [-0.25, -0.2) is 9.97 Å². The molecule has 1 N–H and O–H groups in total. The lowest BCUT2D eigenvalue weighted by molar-refractivity contribution is 0.474. The van der Waals surface area contributed by atoms with E-state index in [0.717, 1.165) is 12.4 Å². The molecule has 14 heavy (non-hydrogen) atoms. The molecule has 2 rings (SSSR count). The van der Waals surface area contributed by atoms with E-state index < -0.39 is 0 Å². The second kappa shape index (κ2) is 5.32. The highest BCUT2D eigenvalue weighted by Gasteiger charge is 2.12. The number of hydrogen-bond donors (Lipinski definition) is 1. The van der Waals surface area contributed by atoms with Gasteiger partial charge in [0.15, 0.2) is 0 Å². The van der Waals surface area contributed by atoms with Gasteiger partial charge in [-0.1, -0.05) is 0 Å². The molecule has 0 aliphatic carbocycles. The van der Waals surface area contributed by atoms with E-state index in [0.29, 0.717) is 6.04 Å². The van der Waals surface area contributed by atoms with Crippen molar-refractivity contribution in [3.63, 3.8) is 0 Å². The minimum absolute atomic E-state index is 0.667. The molecule has 1 aliphatic rings. The molecule has 0 aromatic carbocycles. The van der Waals surface area contributed by atoms with Crippen LogP contribution >= 0.6 is 11.8 Å². The van der Waals surface area contributed by atoms with Crippen LogP contribution in [0.1, 0.15) is 18.7 Å². The predicted molar refractivity (Wildman–Crippen MR) is 59.2 cm³/mol. The topological polar surface area (TPSA) is 37.8 Å². The van der Waals surface area contributed by atoms with E-state index in [1.54, 1.807) is 12.4 Å². The van der Waals surface area contributed by atoms with Gasteiger partial charge in [0.1, 0.15) is 5.82 Å². The second-order valence-corrected chi connectivity index (χ2v) is 4.66. The molecule has 1 fully saturated rings. The van der Waals surface area contributed by atoms with Crippen LogP contribution in [0.3, 0.4) is 0 Å². The molecule has 3 nitrogen and oxygen atoms in total. The molecule has 0 unspecified atom stereocenters. The largest absolute Gasteiger partial charge is 0.307 e. The van der Waals surface area contributed by atoms with Crippen LogP contribution in [0.15, 0.2) is 18.5 Å². The Kier molecular flexibility index (Phi) is 3.77. The zero-order chi connectivity index (χ0) is 9.64.